The van der Waals surface area contributed by atoms with E-state index in [2.05, 4.69) is 48.0 Å². The van der Waals surface area contributed by atoms with E-state index < -0.39 is 0 Å². The maximum absolute atomic E-state index is 6.08. The maximum atomic E-state index is 6.08. The summed E-state index contributed by atoms with van der Waals surface area (Å²) in [6, 6.07) is 8.95. The van der Waals surface area contributed by atoms with Crippen LogP contribution in [-0.2, 0) is 0 Å². The van der Waals surface area contributed by atoms with Crippen molar-refractivity contribution in [2.24, 2.45) is 0 Å². The van der Waals surface area contributed by atoms with E-state index in [1.54, 1.807) is 0 Å². The zero-order chi connectivity index (χ0) is 12.5. The molecule has 0 saturated carbocycles. The normalized spacial score (nSPS) is 20.9. The quantitative estimate of drug-likeness (QED) is 0.899. The van der Waals surface area contributed by atoms with Crippen molar-refractivity contribution in [2.45, 2.75) is 32.4 Å². The molecule has 1 aromatic carbocycles. The molecule has 0 spiro atoms. The summed E-state index contributed by atoms with van der Waals surface area (Å²) in [6.45, 7) is 6.68. The molecular formula is C15H20N2O. The van der Waals surface area contributed by atoms with Gasteiger partial charge in [0.2, 0.25) is 0 Å². The summed E-state index contributed by atoms with van der Waals surface area (Å²) >= 11 is 0. The van der Waals surface area contributed by atoms with Gasteiger partial charge in [0, 0.05) is 36.2 Å². The highest BCUT2D eigenvalue weighted by Gasteiger charge is 2.25. The number of H-pyrrole nitrogens is 1. The Morgan fingerprint density at radius 3 is 3.00 bits per heavy atom. The van der Waals surface area contributed by atoms with Crippen molar-refractivity contribution in [1.29, 1.82) is 0 Å². The molecule has 1 aliphatic heterocycles. The highest BCUT2D eigenvalue weighted by Crippen LogP contribution is 2.23. The van der Waals surface area contributed by atoms with Gasteiger partial charge in [-0.25, -0.2) is 0 Å². The average Bonchev–Trinajstić information content (AvgIpc) is 2.96. The average molecular weight is 244 g/mol. The van der Waals surface area contributed by atoms with Gasteiger partial charge in [-0.1, -0.05) is 0 Å². The van der Waals surface area contributed by atoms with Crippen molar-refractivity contribution in [3.8, 4) is 5.75 Å². The number of likely N-dealkylation sites (tertiary alicyclic amines) is 1. The molecule has 3 nitrogen and oxygen atoms in total. The molecule has 0 amide bonds. The fraction of sp³-hybridized carbons (Fsp3) is 0.467. The molecule has 2 heterocycles. The summed E-state index contributed by atoms with van der Waals surface area (Å²) in [5.41, 5.74) is 1.16. The molecule has 1 aromatic heterocycles. The summed E-state index contributed by atoms with van der Waals surface area (Å²) in [6.07, 6.45) is 3.43. The summed E-state index contributed by atoms with van der Waals surface area (Å²) in [4.78, 5) is 5.67. The molecule has 96 valence electrons. The molecule has 0 radical (unpaired) electrons. The number of ether oxygens (including phenoxy) is 1. The minimum atomic E-state index is 0.337. The predicted octanol–water partition coefficient (Wildman–Crippen LogP) is 3.03. The molecule has 3 rings (SSSR count). The minimum Gasteiger partial charge on any atom is -0.489 e. The van der Waals surface area contributed by atoms with Gasteiger partial charge in [0.05, 0.1) is 0 Å². The van der Waals surface area contributed by atoms with E-state index in [0.717, 1.165) is 30.8 Å². The number of hydrogen-bond acceptors (Lipinski definition) is 2. The first-order chi connectivity index (χ1) is 8.72. The minimum absolute atomic E-state index is 0.337. The Morgan fingerprint density at radius 1 is 1.33 bits per heavy atom. The second-order valence-electron chi connectivity index (χ2n) is 5.34. The third kappa shape index (κ3) is 2.23. The van der Waals surface area contributed by atoms with Gasteiger partial charge >= 0.3 is 0 Å². The lowest BCUT2D eigenvalue weighted by Crippen LogP contribution is -2.30. The summed E-state index contributed by atoms with van der Waals surface area (Å²) in [5.74, 6) is 0.984. The van der Waals surface area contributed by atoms with Gasteiger partial charge in [-0.05, 0) is 44.5 Å². The van der Waals surface area contributed by atoms with Crippen molar-refractivity contribution in [2.75, 3.05) is 13.1 Å². The Balaban J connectivity index is 1.69. The van der Waals surface area contributed by atoms with Crippen LogP contribution in [0.2, 0.25) is 0 Å². The molecule has 0 bridgehead atoms. The third-order valence-electron chi connectivity index (χ3n) is 3.73. The SMILES string of the molecule is CC(C)N1CCC(Oc2ccc3[nH]ccc3c2)C1. The van der Waals surface area contributed by atoms with Gasteiger partial charge < -0.3 is 9.72 Å². The van der Waals surface area contributed by atoms with Crippen LogP contribution in [0.1, 0.15) is 20.3 Å². The van der Waals surface area contributed by atoms with Crippen LogP contribution in [0.3, 0.4) is 0 Å². The van der Waals surface area contributed by atoms with Crippen LogP contribution < -0.4 is 4.74 Å². The van der Waals surface area contributed by atoms with Crippen LogP contribution in [0.15, 0.2) is 30.5 Å². The predicted molar refractivity (Wildman–Crippen MR) is 74.0 cm³/mol. The number of nitrogens with zero attached hydrogens (tertiary/aromatic N) is 1. The number of nitrogens with one attached hydrogen (secondary N) is 1. The summed E-state index contributed by atoms with van der Waals surface area (Å²) in [7, 11) is 0. The van der Waals surface area contributed by atoms with E-state index in [1.807, 2.05) is 6.20 Å². The number of fused-ring (bicyclic) bond motifs is 1. The molecule has 1 unspecified atom stereocenters. The Hall–Kier alpha value is -1.48. The van der Waals surface area contributed by atoms with Crippen molar-refractivity contribution in [3.63, 3.8) is 0 Å². The lowest BCUT2D eigenvalue weighted by molar-refractivity contribution is 0.187. The standard InChI is InChI=1S/C15H20N2O/c1-11(2)17-8-6-14(10-17)18-13-3-4-15-12(9-13)5-7-16-15/h3-5,7,9,11,14,16H,6,8,10H2,1-2H3. The number of rotatable bonds is 3. The van der Waals surface area contributed by atoms with E-state index >= 15 is 0 Å². The second-order valence-corrected chi connectivity index (χ2v) is 5.34. The molecule has 1 N–H and O–H groups in total. The highest BCUT2D eigenvalue weighted by atomic mass is 16.5. The van der Waals surface area contributed by atoms with Gasteiger partial charge in [-0.3, -0.25) is 4.90 Å². The number of benzene rings is 1. The Kier molecular flexibility index (Phi) is 3.00. The van der Waals surface area contributed by atoms with Crippen molar-refractivity contribution in [3.05, 3.63) is 30.5 Å². The van der Waals surface area contributed by atoms with Crippen LogP contribution in [0.25, 0.3) is 10.9 Å². The van der Waals surface area contributed by atoms with E-state index in [4.69, 9.17) is 4.74 Å². The van der Waals surface area contributed by atoms with E-state index in [1.165, 1.54) is 5.39 Å². The van der Waals surface area contributed by atoms with Gasteiger partial charge in [0.25, 0.3) is 0 Å². The first-order valence-corrected chi connectivity index (χ1v) is 6.70. The van der Waals surface area contributed by atoms with Gasteiger partial charge in [-0.2, -0.15) is 0 Å². The molecule has 1 fully saturated rings. The van der Waals surface area contributed by atoms with Crippen LogP contribution >= 0.6 is 0 Å². The molecule has 1 saturated heterocycles. The number of aromatic amines is 1. The van der Waals surface area contributed by atoms with Gasteiger partial charge in [0.15, 0.2) is 0 Å². The van der Waals surface area contributed by atoms with Gasteiger partial charge in [0.1, 0.15) is 11.9 Å². The summed E-state index contributed by atoms with van der Waals surface area (Å²) < 4.78 is 6.08. The monoisotopic (exact) mass is 244 g/mol. The highest BCUT2D eigenvalue weighted by molar-refractivity contribution is 5.80. The molecular weight excluding hydrogens is 224 g/mol. The fourth-order valence-electron chi connectivity index (χ4n) is 2.62. The van der Waals surface area contributed by atoms with Crippen LogP contribution in [0.4, 0.5) is 0 Å². The van der Waals surface area contributed by atoms with Crippen molar-refractivity contribution >= 4 is 10.9 Å². The topological polar surface area (TPSA) is 28.3 Å². The lowest BCUT2D eigenvalue weighted by Gasteiger charge is -2.20. The van der Waals surface area contributed by atoms with Crippen LogP contribution in [0, 0.1) is 0 Å². The molecule has 1 atom stereocenters. The van der Waals surface area contributed by atoms with Gasteiger partial charge in [-0.15, -0.1) is 0 Å². The van der Waals surface area contributed by atoms with E-state index in [-0.39, 0.29) is 0 Å². The Morgan fingerprint density at radius 2 is 2.22 bits per heavy atom. The number of hydrogen-bond donors (Lipinski definition) is 1. The molecule has 1 aliphatic rings. The molecule has 18 heavy (non-hydrogen) atoms. The fourth-order valence-corrected chi connectivity index (χ4v) is 2.62. The third-order valence-corrected chi connectivity index (χ3v) is 3.73. The first kappa shape index (κ1) is 11.6. The zero-order valence-corrected chi connectivity index (χ0v) is 11.0. The van der Waals surface area contributed by atoms with Crippen LogP contribution in [0.5, 0.6) is 5.75 Å². The molecule has 2 aromatic rings. The molecule has 0 aliphatic carbocycles. The Bertz CT molecular complexity index is 532. The van der Waals surface area contributed by atoms with Crippen LogP contribution in [-0.4, -0.2) is 35.1 Å². The van der Waals surface area contributed by atoms with Crippen molar-refractivity contribution in [1.82, 2.24) is 9.88 Å². The maximum Gasteiger partial charge on any atom is 0.120 e. The van der Waals surface area contributed by atoms with Crippen molar-refractivity contribution < 1.29 is 4.74 Å². The first-order valence-electron chi connectivity index (χ1n) is 6.70. The Labute approximate surface area is 108 Å². The second kappa shape index (κ2) is 4.65. The van der Waals surface area contributed by atoms with E-state index in [9.17, 15) is 0 Å². The lowest BCUT2D eigenvalue weighted by atomic mass is 10.2. The largest absolute Gasteiger partial charge is 0.489 e. The number of aromatic nitrogens is 1. The summed E-state index contributed by atoms with van der Waals surface area (Å²) in [5, 5.41) is 1.21. The van der Waals surface area contributed by atoms with E-state index in [0.29, 0.717) is 12.1 Å². The zero-order valence-electron chi connectivity index (χ0n) is 11.0. The smallest absolute Gasteiger partial charge is 0.120 e. The molecule has 3 heteroatoms.